The summed E-state index contributed by atoms with van der Waals surface area (Å²) in [7, 11) is 2.82. The molecule has 0 N–H and O–H groups in total. The lowest BCUT2D eigenvalue weighted by Gasteiger charge is -2.16. The van der Waals surface area contributed by atoms with Gasteiger partial charge in [-0.25, -0.2) is 4.79 Å². The first-order valence-corrected chi connectivity index (χ1v) is 9.85. The minimum atomic E-state index is -0.739. The van der Waals surface area contributed by atoms with Crippen molar-refractivity contribution in [2.24, 2.45) is 0 Å². The molecule has 11 heteroatoms. The molecule has 0 heterocycles. The van der Waals surface area contributed by atoms with Crippen LogP contribution in [-0.4, -0.2) is 30.0 Å². The maximum absolute atomic E-state index is 12.9. The second-order valence-electron chi connectivity index (χ2n) is 6.91. The highest BCUT2D eigenvalue weighted by atomic mass is 16.6. The van der Waals surface area contributed by atoms with Crippen LogP contribution in [0.1, 0.15) is 21.5 Å². The number of esters is 1. The minimum Gasteiger partial charge on any atom is -0.496 e. The van der Waals surface area contributed by atoms with Crippen LogP contribution in [0.15, 0.2) is 60.7 Å². The van der Waals surface area contributed by atoms with Crippen LogP contribution in [-0.2, 0) is 18.0 Å². The lowest BCUT2D eigenvalue weighted by Crippen LogP contribution is -2.11. The fourth-order valence-corrected chi connectivity index (χ4v) is 2.97. The Hall–Kier alpha value is -4.67. The number of hydrogen-bond donors (Lipinski definition) is 0. The number of non-ortho nitro benzene ring substituents is 2. The fourth-order valence-electron chi connectivity index (χ4n) is 2.97. The molecule has 176 valence electrons. The fraction of sp³-hybridized carbons (Fsp3) is 0.174. The van der Waals surface area contributed by atoms with Gasteiger partial charge in [-0.05, 0) is 35.4 Å². The van der Waals surface area contributed by atoms with Gasteiger partial charge in [0, 0.05) is 36.4 Å². The monoisotopic (exact) mass is 468 g/mol. The topological polar surface area (TPSA) is 140 Å². The molecule has 0 radical (unpaired) electrons. The normalized spacial score (nSPS) is 10.3. The quantitative estimate of drug-likeness (QED) is 0.240. The molecule has 3 rings (SSSR count). The Kier molecular flexibility index (Phi) is 7.60. The van der Waals surface area contributed by atoms with E-state index in [0.717, 1.165) is 0 Å². The molecular formula is C23H20N2O9. The van der Waals surface area contributed by atoms with Crippen LogP contribution in [0, 0.1) is 20.2 Å². The number of nitro groups is 2. The van der Waals surface area contributed by atoms with Crippen molar-refractivity contribution in [2.75, 3.05) is 14.2 Å². The van der Waals surface area contributed by atoms with E-state index < -0.39 is 15.8 Å². The number of nitrogens with zero attached hydrogens (tertiary/aromatic N) is 2. The molecule has 3 aromatic carbocycles. The highest BCUT2D eigenvalue weighted by Gasteiger charge is 2.23. The summed E-state index contributed by atoms with van der Waals surface area (Å²) in [5, 5.41) is 21.6. The van der Waals surface area contributed by atoms with E-state index in [9.17, 15) is 25.0 Å². The molecule has 34 heavy (non-hydrogen) atoms. The third-order valence-corrected chi connectivity index (χ3v) is 4.76. The van der Waals surface area contributed by atoms with Gasteiger partial charge in [-0.1, -0.05) is 0 Å². The molecule has 0 bridgehead atoms. The summed E-state index contributed by atoms with van der Waals surface area (Å²) in [5.41, 5.74) is 1.08. The van der Waals surface area contributed by atoms with Crippen LogP contribution < -0.4 is 14.2 Å². The highest BCUT2D eigenvalue weighted by molar-refractivity contribution is 5.96. The Labute approximate surface area is 193 Å². The second-order valence-corrected chi connectivity index (χ2v) is 6.91. The number of nitro benzene ring substituents is 2. The first kappa shape index (κ1) is 24.0. The molecule has 0 fully saturated rings. The van der Waals surface area contributed by atoms with Gasteiger partial charge in [-0.3, -0.25) is 20.2 Å². The first-order valence-electron chi connectivity index (χ1n) is 9.85. The number of ether oxygens (including phenoxy) is 4. The zero-order valence-corrected chi connectivity index (χ0v) is 18.3. The van der Waals surface area contributed by atoms with Crippen LogP contribution in [0.4, 0.5) is 11.4 Å². The average Bonchev–Trinajstić information content (AvgIpc) is 2.85. The number of carbonyl (C=O) groups excluding carboxylic acids is 1. The van der Waals surface area contributed by atoms with Gasteiger partial charge in [0.2, 0.25) is 0 Å². The van der Waals surface area contributed by atoms with Crippen molar-refractivity contribution in [1.29, 1.82) is 0 Å². The van der Waals surface area contributed by atoms with Crippen molar-refractivity contribution < 1.29 is 33.6 Å². The van der Waals surface area contributed by atoms with Gasteiger partial charge in [-0.2, -0.15) is 0 Å². The Morgan fingerprint density at radius 2 is 1.26 bits per heavy atom. The van der Waals surface area contributed by atoms with Crippen molar-refractivity contribution in [1.82, 2.24) is 0 Å². The van der Waals surface area contributed by atoms with Gasteiger partial charge in [0.05, 0.1) is 24.1 Å². The Morgan fingerprint density at radius 1 is 0.765 bits per heavy atom. The largest absolute Gasteiger partial charge is 0.496 e. The van der Waals surface area contributed by atoms with Crippen molar-refractivity contribution in [3.05, 3.63) is 97.6 Å². The summed E-state index contributed by atoms with van der Waals surface area (Å²) >= 11 is 0. The van der Waals surface area contributed by atoms with E-state index in [2.05, 4.69) is 0 Å². The predicted octanol–water partition coefficient (Wildman–Crippen LogP) is 4.46. The average molecular weight is 468 g/mol. The van der Waals surface area contributed by atoms with Crippen LogP contribution in [0.3, 0.4) is 0 Å². The van der Waals surface area contributed by atoms with Gasteiger partial charge in [-0.15, -0.1) is 0 Å². The SMILES string of the molecule is COc1cc(OC)c(C(=O)OCc2ccc([N+](=O)[O-])cc2)c(OCc2ccc([N+](=O)[O-])cc2)c1. The minimum absolute atomic E-state index is 0.0109. The van der Waals surface area contributed by atoms with Crippen molar-refractivity contribution in [2.45, 2.75) is 13.2 Å². The molecule has 0 aliphatic carbocycles. The zero-order chi connectivity index (χ0) is 24.7. The molecule has 0 atom stereocenters. The van der Waals surface area contributed by atoms with E-state index in [4.69, 9.17) is 18.9 Å². The Morgan fingerprint density at radius 3 is 1.74 bits per heavy atom. The summed E-state index contributed by atoms with van der Waals surface area (Å²) in [5.74, 6) is -0.0750. The Bertz CT molecular complexity index is 1190. The molecule has 0 aromatic heterocycles. The van der Waals surface area contributed by atoms with E-state index >= 15 is 0 Å². The summed E-state index contributed by atoms with van der Waals surface area (Å²) in [6, 6.07) is 14.4. The summed E-state index contributed by atoms with van der Waals surface area (Å²) in [6.07, 6.45) is 0. The molecule has 0 aliphatic heterocycles. The van der Waals surface area contributed by atoms with Gasteiger partial charge >= 0.3 is 5.97 Å². The van der Waals surface area contributed by atoms with Crippen molar-refractivity contribution >= 4 is 17.3 Å². The number of benzene rings is 3. The van der Waals surface area contributed by atoms with Gasteiger partial charge < -0.3 is 18.9 Å². The van der Waals surface area contributed by atoms with Crippen molar-refractivity contribution in [3.8, 4) is 17.2 Å². The standard InChI is InChI=1S/C23H20N2O9/c1-31-19-11-20(32-2)22(23(26)34-14-16-5-9-18(10-6-16)25(29)30)21(12-19)33-13-15-3-7-17(8-4-15)24(27)28/h3-12H,13-14H2,1-2H3. The lowest BCUT2D eigenvalue weighted by molar-refractivity contribution is -0.385. The smallest absolute Gasteiger partial charge is 0.346 e. The number of methoxy groups -OCH3 is 2. The molecule has 0 aliphatic rings. The molecule has 0 unspecified atom stereocenters. The van der Waals surface area contributed by atoms with Crippen LogP contribution in [0.5, 0.6) is 17.2 Å². The van der Waals surface area contributed by atoms with E-state index in [0.29, 0.717) is 16.9 Å². The molecule has 0 amide bonds. The molecule has 0 saturated heterocycles. The van der Waals surface area contributed by atoms with Crippen molar-refractivity contribution in [3.63, 3.8) is 0 Å². The lowest BCUT2D eigenvalue weighted by atomic mass is 10.1. The zero-order valence-electron chi connectivity index (χ0n) is 18.3. The number of rotatable bonds is 10. The Balaban J connectivity index is 1.80. The number of carbonyl (C=O) groups is 1. The highest BCUT2D eigenvalue weighted by Crippen LogP contribution is 2.35. The van der Waals surface area contributed by atoms with Crippen LogP contribution in [0.25, 0.3) is 0 Å². The van der Waals surface area contributed by atoms with E-state index in [1.165, 1.54) is 62.8 Å². The molecule has 0 saturated carbocycles. The first-order chi connectivity index (χ1) is 16.3. The van der Waals surface area contributed by atoms with Crippen LogP contribution in [0.2, 0.25) is 0 Å². The van der Waals surface area contributed by atoms with E-state index in [1.807, 2.05) is 0 Å². The summed E-state index contributed by atoms with van der Waals surface area (Å²) in [6.45, 7) is -0.120. The maximum atomic E-state index is 12.9. The third kappa shape index (κ3) is 5.76. The van der Waals surface area contributed by atoms with Gasteiger partial charge in [0.1, 0.15) is 36.0 Å². The summed E-state index contributed by atoms with van der Waals surface area (Å²) < 4.78 is 21.8. The summed E-state index contributed by atoms with van der Waals surface area (Å²) in [4.78, 5) is 33.5. The van der Waals surface area contributed by atoms with Crippen LogP contribution >= 0.6 is 0 Å². The molecule has 0 spiro atoms. The van der Waals surface area contributed by atoms with Gasteiger partial charge in [0.15, 0.2) is 0 Å². The molecule has 3 aromatic rings. The van der Waals surface area contributed by atoms with E-state index in [1.54, 1.807) is 12.1 Å². The molecule has 11 nitrogen and oxygen atoms in total. The van der Waals surface area contributed by atoms with E-state index in [-0.39, 0.29) is 41.7 Å². The predicted molar refractivity (Wildman–Crippen MR) is 119 cm³/mol. The molecular weight excluding hydrogens is 448 g/mol. The third-order valence-electron chi connectivity index (χ3n) is 4.76. The number of hydrogen-bond acceptors (Lipinski definition) is 9. The second kappa shape index (κ2) is 10.8. The van der Waals surface area contributed by atoms with Gasteiger partial charge in [0.25, 0.3) is 11.4 Å². The maximum Gasteiger partial charge on any atom is 0.346 e.